The molecule has 5 rings (SSSR count). The van der Waals surface area contributed by atoms with Gasteiger partial charge in [-0.1, -0.05) is 11.6 Å². The van der Waals surface area contributed by atoms with Crippen LogP contribution in [0.4, 0.5) is 18.9 Å². The maximum Gasteiger partial charge on any atom is 0.255 e. The third kappa shape index (κ3) is 5.27. The minimum absolute atomic E-state index is 0.0410. The number of carbonyl (C=O) groups is 2. The molecule has 2 amide bonds. The van der Waals surface area contributed by atoms with Crippen LogP contribution in [0.3, 0.4) is 0 Å². The average molecular weight is 575 g/mol. The lowest BCUT2D eigenvalue weighted by molar-refractivity contribution is -0.145. The molecule has 2 bridgehead atoms. The van der Waals surface area contributed by atoms with E-state index in [1.165, 1.54) is 26.0 Å². The smallest absolute Gasteiger partial charge is 0.255 e. The molecular formula is C25H26ClF3N2O6S. The zero-order valence-electron chi connectivity index (χ0n) is 20.4. The van der Waals surface area contributed by atoms with Gasteiger partial charge in [0, 0.05) is 35.8 Å². The van der Waals surface area contributed by atoms with Crippen molar-refractivity contribution < 1.29 is 41.4 Å². The highest BCUT2D eigenvalue weighted by molar-refractivity contribution is 7.92. The van der Waals surface area contributed by atoms with Crippen LogP contribution in [0.25, 0.3) is 0 Å². The molecule has 0 heterocycles. The first kappa shape index (κ1) is 28.3. The van der Waals surface area contributed by atoms with Gasteiger partial charge in [-0.15, -0.1) is 0 Å². The van der Waals surface area contributed by atoms with Crippen LogP contribution in [-0.4, -0.2) is 53.4 Å². The summed E-state index contributed by atoms with van der Waals surface area (Å²) < 4.78 is 67.4. The lowest BCUT2D eigenvalue weighted by Crippen LogP contribution is -2.55. The topological polar surface area (TPSA) is 133 Å². The number of sulfone groups is 1. The first-order chi connectivity index (χ1) is 17.5. The Labute approximate surface area is 222 Å². The number of rotatable bonds is 8. The van der Waals surface area contributed by atoms with E-state index in [1.807, 2.05) is 0 Å². The molecule has 206 valence electrons. The molecule has 0 aliphatic heterocycles. The second-order valence-electron chi connectivity index (χ2n) is 10.5. The molecule has 13 heteroatoms. The average Bonchev–Trinajstić information content (AvgIpc) is 3.40. The second-order valence-corrected chi connectivity index (χ2v) is 13.0. The van der Waals surface area contributed by atoms with E-state index in [-0.39, 0.29) is 40.6 Å². The Balaban J connectivity index is 1.53. The number of aliphatic hydroxyl groups is 2. The summed E-state index contributed by atoms with van der Waals surface area (Å²) in [5, 5.41) is 24.4. The molecule has 4 N–H and O–H groups in total. The fourth-order valence-electron chi connectivity index (χ4n) is 5.19. The number of nitrogens with one attached hydrogen (secondary N) is 2. The number of hydrogen-bond donors (Lipinski definition) is 4. The third-order valence-electron chi connectivity index (χ3n) is 7.16. The van der Waals surface area contributed by atoms with Gasteiger partial charge in [0.25, 0.3) is 5.91 Å². The SMILES string of the molecule is CC(C)(O)CNC(=O)C[C@@]1(O)C2CC1C(S(=O)(=O)c1cc(C(=O)Nc3cc(F)c(F)c(F)c3)ccc1Cl)C2. The third-order valence-corrected chi connectivity index (χ3v) is 9.87. The van der Waals surface area contributed by atoms with Crippen molar-refractivity contribution in [3.63, 3.8) is 0 Å². The second kappa shape index (κ2) is 9.82. The van der Waals surface area contributed by atoms with Crippen molar-refractivity contribution in [3.05, 3.63) is 58.4 Å². The Hall–Kier alpha value is -2.67. The van der Waals surface area contributed by atoms with Crippen LogP contribution in [0, 0.1) is 29.3 Å². The van der Waals surface area contributed by atoms with Crippen LogP contribution in [-0.2, 0) is 14.6 Å². The van der Waals surface area contributed by atoms with Crippen LogP contribution in [0.15, 0.2) is 35.2 Å². The summed E-state index contributed by atoms with van der Waals surface area (Å²) in [6.07, 6.45) is 0.146. The van der Waals surface area contributed by atoms with Gasteiger partial charge in [0.2, 0.25) is 5.91 Å². The van der Waals surface area contributed by atoms with Gasteiger partial charge in [-0.2, -0.15) is 0 Å². The molecule has 2 aromatic carbocycles. The maximum absolute atomic E-state index is 13.6. The van der Waals surface area contributed by atoms with Crippen LogP contribution < -0.4 is 10.6 Å². The first-order valence-electron chi connectivity index (χ1n) is 11.7. The Morgan fingerprint density at radius 3 is 2.37 bits per heavy atom. The molecular weight excluding hydrogens is 549 g/mol. The number of carbonyl (C=O) groups excluding carboxylic acids is 2. The fourth-order valence-corrected chi connectivity index (χ4v) is 7.85. The Kier molecular flexibility index (Phi) is 7.32. The predicted octanol–water partition coefficient (Wildman–Crippen LogP) is 3.20. The number of halogens is 4. The number of amides is 2. The molecule has 2 aromatic rings. The van der Waals surface area contributed by atoms with Crippen LogP contribution in [0.1, 0.15) is 43.5 Å². The highest BCUT2D eigenvalue weighted by atomic mass is 35.5. The molecule has 3 aliphatic carbocycles. The summed E-state index contributed by atoms with van der Waals surface area (Å²) in [6.45, 7) is 2.97. The van der Waals surface area contributed by atoms with E-state index in [0.717, 1.165) is 6.07 Å². The monoisotopic (exact) mass is 574 g/mol. The van der Waals surface area contributed by atoms with Crippen molar-refractivity contribution in [1.29, 1.82) is 0 Å². The van der Waals surface area contributed by atoms with Crippen molar-refractivity contribution in [1.82, 2.24) is 5.32 Å². The van der Waals surface area contributed by atoms with E-state index in [2.05, 4.69) is 10.6 Å². The van der Waals surface area contributed by atoms with E-state index in [9.17, 15) is 41.4 Å². The van der Waals surface area contributed by atoms with Crippen molar-refractivity contribution >= 4 is 38.9 Å². The van der Waals surface area contributed by atoms with Gasteiger partial charge in [0.05, 0.1) is 32.8 Å². The Morgan fingerprint density at radius 2 is 1.76 bits per heavy atom. The molecule has 4 atom stereocenters. The molecule has 0 aromatic heterocycles. The lowest BCUT2D eigenvalue weighted by atomic mass is 9.66. The summed E-state index contributed by atoms with van der Waals surface area (Å²) in [5.74, 6) is -7.35. The number of anilines is 1. The number of fused-ring (bicyclic) bond motifs is 1. The van der Waals surface area contributed by atoms with Crippen LogP contribution in [0.5, 0.6) is 0 Å². The van der Waals surface area contributed by atoms with Gasteiger partial charge in [-0.3, -0.25) is 9.59 Å². The van der Waals surface area contributed by atoms with Crippen molar-refractivity contribution in [2.45, 2.75) is 54.5 Å². The largest absolute Gasteiger partial charge is 0.389 e. The van der Waals surface area contributed by atoms with Gasteiger partial charge >= 0.3 is 0 Å². The van der Waals surface area contributed by atoms with Gasteiger partial charge in [-0.25, -0.2) is 21.6 Å². The molecule has 3 unspecified atom stereocenters. The highest BCUT2D eigenvalue weighted by Crippen LogP contribution is 2.60. The normalized spacial score (nSPS) is 24.6. The molecule has 0 saturated heterocycles. The molecule has 3 aliphatic rings. The molecule has 0 spiro atoms. The zero-order chi connectivity index (χ0) is 28.2. The first-order valence-corrected chi connectivity index (χ1v) is 13.7. The van der Waals surface area contributed by atoms with Crippen LogP contribution in [0.2, 0.25) is 5.02 Å². The Morgan fingerprint density at radius 1 is 1.13 bits per heavy atom. The highest BCUT2D eigenvalue weighted by Gasteiger charge is 2.67. The summed E-state index contributed by atoms with van der Waals surface area (Å²) in [6, 6.07) is 4.58. The molecule has 0 radical (unpaired) electrons. The predicted molar refractivity (Wildman–Crippen MR) is 132 cm³/mol. The van der Waals surface area contributed by atoms with E-state index in [1.54, 1.807) is 0 Å². The minimum Gasteiger partial charge on any atom is -0.389 e. The van der Waals surface area contributed by atoms with Crippen molar-refractivity contribution in [3.8, 4) is 0 Å². The van der Waals surface area contributed by atoms with Crippen LogP contribution >= 0.6 is 11.6 Å². The minimum atomic E-state index is -4.18. The summed E-state index contributed by atoms with van der Waals surface area (Å²) in [7, 11) is -4.18. The van der Waals surface area contributed by atoms with Crippen molar-refractivity contribution in [2.75, 3.05) is 11.9 Å². The molecule has 8 nitrogen and oxygen atoms in total. The quantitative estimate of drug-likeness (QED) is 0.358. The standard InChI is InChI=1S/C25H26ClF3N2O6S/c1-24(2,34)11-30-21(32)10-25(35)13-6-15(25)19(7-13)38(36,37)20-5-12(3-4-16(20)26)23(33)31-14-8-17(27)22(29)18(28)9-14/h3-5,8-9,13,15,19,34-35H,6-7,10-11H2,1-2H3,(H,30,32)(H,31,33)/t13?,15?,19?,25-/m1/s1. The zero-order valence-corrected chi connectivity index (χ0v) is 22.0. The lowest BCUT2D eigenvalue weighted by Gasteiger charge is -2.45. The summed E-state index contributed by atoms with van der Waals surface area (Å²) in [4.78, 5) is 24.7. The van der Waals surface area contributed by atoms with E-state index in [4.69, 9.17) is 11.6 Å². The molecule has 38 heavy (non-hydrogen) atoms. The summed E-state index contributed by atoms with van der Waals surface area (Å²) >= 11 is 6.18. The van der Waals surface area contributed by atoms with E-state index < -0.39 is 67.4 Å². The molecule has 3 saturated carbocycles. The number of hydrogen-bond acceptors (Lipinski definition) is 6. The van der Waals surface area contributed by atoms with Gasteiger partial charge in [-0.05, 0) is 50.8 Å². The summed E-state index contributed by atoms with van der Waals surface area (Å²) in [5.41, 5.74) is -3.27. The van der Waals surface area contributed by atoms with Gasteiger partial charge in [0.1, 0.15) is 0 Å². The fraction of sp³-hybridized carbons (Fsp3) is 0.440. The van der Waals surface area contributed by atoms with E-state index >= 15 is 0 Å². The Bertz CT molecular complexity index is 1390. The van der Waals surface area contributed by atoms with E-state index in [0.29, 0.717) is 18.6 Å². The molecule has 3 fully saturated rings. The number of benzene rings is 2. The van der Waals surface area contributed by atoms with Gasteiger partial charge in [0.15, 0.2) is 27.3 Å². The van der Waals surface area contributed by atoms with Crippen molar-refractivity contribution in [2.24, 2.45) is 11.8 Å². The van der Waals surface area contributed by atoms with Gasteiger partial charge < -0.3 is 20.8 Å². The maximum atomic E-state index is 13.6.